The molecule has 1 fully saturated rings. The summed E-state index contributed by atoms with van der Waals surface area (Å²) in [5.41, 5.74) is 1.66. The maximum Gasteiger partial charge on any atom is 0.139 e. The zero-order chi connectivity index (χ0) is 15.6. The Balaban J connectivity index is 1.48. The molecule has 0 unspecified atom stereocenters. The molecule has 23 heavy (non-hydrogen) atoms. The molecule has 0 saturated carbocycles. The molecule has 120 valence electrons. The number of furan rings is 1. The van der Waals surface area contributed by atoms with Crippen molar-refractivity contribution in [2.45, 2.75) is 19.3 Å². The van der Waals surface area contributed by atoms with Crippen LogP contribution in [-0.4, -0.2) is 31.1 Å². The van der Waals surface area contributed by atoms with E-state index in [1.165, 1.54) is 32.4 Å². The molecular weight excluding hydrogens is 310 g/mol. The van der Waals surface area contributed by atoms with Crippen LogP contribution < -0.4 is 4.74 Å². The standard InChI is InChI=1S/C19H20ClNO2/c20-14-4-6-16-17-7-5-15(13-19(17)23-18(16)12-14)22-11-10-21-8-2-1-3-9-21/h4-7,12-13H,1-3,8-11H2. The maximum atomic E-state index is 6.03. The number of nitrogens with zero attached hydrogens (tertiary/aromatic N) is 1. The molecule has 3 nitrogen and oxygen atoms in total. The number of benzene rings is 2. The number of hydrogen-bond acceptors (Lipinski definition) is 3. The minimum Gasteiger partial charge on any atom is -0.492 e. The summed E-state index contributed by atoms with van der Waals surface area (Å²) < 4.78 is 11.8. The highest BCUT2D eigenvalue weighted by atomic mass is 35.5. The Hall–Kier alpha value is -1.71. The zero-order valence-corrected chi connectivity index (χ0v) is 13.8. The molecule has 1 aromatic heterocycles. The van der Waals surface area contributed by atoms with Crippen molar-refractivity contribution in [3.63, 3.8) is 0 Å². The van der Waals surface area contributed by atoms with Crippen molar-refractivity contribution in [1.82, 2.24) is 4.90 Å². The fourth-order valence-corrected chi connectivity index (χ4v) is 3.46. The van der Waals surface area contributed by atoms with Crippen molar-refractivity contribution < 1.29 is 9.15 Å². The lowest BCUT2D eigenvalue weighted by molar-refractivity contribution is 0.183. The highest BCUT2D eigenvalue weighted by Gasteiger charge is 2.11. The molecular formula is C19H20ClNO2. The minimum absolute atomic E-state index is 0.689. The van der Waals surface area contributed by atoms with Crippen LogP contribution in [0.15, 0.2) is 40.8 Å². The smallest absolute Gasteiger partial charge is 0.139 e. The van der Waals surface area contributed by atoms with Gasteiger partial charge in [0.1, 0.15) is 23.5 Å². The summed E-state index contributed by atoms with van der Waals surface area (Å²) >= 11 is 6.03. The van der Waals surface area contributed by atoms with Gasteiger partial charge in [-0.1, -0.05) is 18.0 Å². The van der Waals surface area contributed by atoms with Gasteiger partial charge in [-0.3, -0.25) is 4.90 Å². The Morgan fingerprint density at radius 2 is 1.70 bits per heavy atom. The van der Waals surface area contributed by atoms with E-state index in [0.29, 0.717) is 5.02 Å². The molecule has 3 aromatic rings. The van der Waals surface area contributed by atoms with Gasteiger partial charge in [0.15, 0.2) is 0 Å². The molecule has 2 heterocycles. The third-order valence-electron chi connectivity index (χ3n) is 4.53. The Bertz CT molecular complexity index is 821. The topological polar surface area (TPSA) is 25.6 Å². The zero-order valence-electron chi connectivity index (χ0n) is 13.1. The lowest BCUT2D eigenvalue weighted by atomic mass is 10.1. The van der Waals surface area contributed by atoms with Crippen LogP contribution in [0, 0.1) is 0 Å². The Kier molecular flexibility index (Phi) is 4.15. The summed E-state index contributed by atoms with van der Waals surface area (Å²) in [6.07, 6.45) is 3.99. The van der Waals surface area contributed by atoms with E-state index >= 15 is 0 Å². The SMILES string of the molecule is Clc1ccc2c(c1)oc1cc(OCCN3CCCCC3)ccc12. The quantitative estimate of drug-likeness (QED) is 0.665. The summed E-state index contributed by atoms with van der Waals surface area (Å²) in [6.45, 7) is 4.12. The van der Waals surface area contributed by atoms with Crippen molar-refractivity contribution in [3.8, 4) is 5.75 Å². The van der Waals surface area contributed by atoms with E-state index in [-0.39, 0.29) is 0 Å². The van der Waals surface area contributed by atoms with Gasteiger partial charge in [0.25, 0.3) is 0 Å². The largest absolute Gasteiger partial charge is 0.492 e. The average Bonchev–Trinajstić information content (AvgIpc) is 2.92. The lowest BCUT2D eigenvalue weighted by Gasteiger charge is -2.26. The van der Waals surface area contributed by atoms with Gasteiger partial charge in [0.2, 0.25) is 0 Å². The third-order valence-corrected chi connectivity index (χ3v) is 4.77. The molecule has 0 N–H and O–H groups in total. The van der Waals surface area contributed by atoms with Crippen LogP contribution in [0.3, 0.4) is 0 Å². The molecule has 0 aliphatic carbocycles. The lowest BCUT2D eigenvalue weighted by Crippen LogP contribution is -2.33. The van der Waals surface area contributed by atoms with Gasteiger partial charge in [0.05, 0.1) is 0 Å². The maximum absolute atomic E-state index is 6.03. The molecule has 4 rings (SSSR count). The fraction of sp³-hybridized carbons (Fsp3) is 0.368. The summed E-state index contributed by atoms with van der Waals surface area (Å²) in [5, 5.41) is 2.87. The first-order valence-electron chi connectivity index (χ1n) is 8.26. The van der Waals surface area contributed by atoms with E-state index in [0.717, 1.165) is 40.8 Å². The second-order valence-corrected chi connectivity index (χ2v) is 6.59. The normalized spacial score (nSPS) is 16.2. The Morgan fingerprint density at radius 1 is 0.957 bits per heavy atom. The second kappa shape index (κ2) is 6.42. The Morgan fingerprint density at radius 3 is 2.52 bits per heavy atom. The molecule has 0 bridgehead atoms. The van der Waals surface area contributed by atoms with Gasteiger partial charge in [-0.05, 0) is 50.2 Å². The number of fused-ring (bicyclic) bond motifs is 3. The first-order valence-corrected chi connectivity index (χ1v) is 8.64. The van der Waals surface area contributed by atoms with Crippen molar-refractivity contribution >= 4 is 33.5 Å². The number of hydrogen-bond donors (Lipinski definition) is 0. The summed E-state index contributed by atoms with van der Waals surface area (Å²) in [4.78, 5) is 2.48. The van der Waals surface area contributed by atoms with Gasteiger partial charge in [-0.2, -0.15) is 0 Å². The van der Waals surface area contributed by atoms with Crippen LogP contribution in [-0.2, 0) is 0 Å². The highest BCUT2D eigenvalue weighted by Crippen LogP contribution is 2.32. The molecule has 0 spiro atoms. The molecule has 1 aliphatic rings. The van der Waals surface area contributed by atoms with Crippen LogP contribution in [0.25, 0.3) is 21.9 Å². The molecule has 2 aromatic carbocycles. The first kappa shape index (κ1) is 14.9. The van der Waals surface area contributed by atoms with E-state index in [1.807, 2.05) is 30.3 Å². The predicted octanol–water partition coefficient (Wildman–Crippen LogP) is 5.10. The Labute approximate surface area is 140 Å². The third kappa shape index (κ3) is 3.17. The van der Waals surface area contributed by atoms with Crippen LogP contribution >= 0.6 is 11.6 Å². The van der Waals surface area contributed by atoms with E-state index < -0.39 is 0 Å². The summed E-state index contributed by atoms with van der Waals surface area (Å²) in [5.74, 6) is 0.861. The van der Waals surface area contributed by atoms with Crippen LogP contribution in [0.4, 0.5) is 0 Å². The second-order valence-electron chi connectivity index (χ2n) is 6.15. The molecule has 4 heteroatoms. The summed E-state index contributed by atoms with van der Waals surface area (Å²) in [7, 11) is 0. The van der Waals surface area contributed by atoms with Gasteiger partial charge < -0.3 is 9.15 Å². The molecule has 0 atom stereocenters. The summed E-state index contributed by atoms with van der Waals surface area (Å²) in [6, 6.07) is 11.8. The fourth-order valence-electron chi connectivity index (χ4n) is 3.30. The van der Waals surface area contributed by atoms with Crippen molar-refractivity contribution in [1.29, 1.82) is 0 Å². The first-order chi connectivity index (χ1) is 11.3. The molecule has 1 saturated heterocycles. The number of piperidine rings is 1. The molecule has 1 aliphatic heterocycles. The van der Waals surface area contributed by atoms with Crippen LogP contribution in [0.1, 0.15) is 19.3 Å². The van der Waals surface area contributed by atoms with Gasteiger partial charge in [-0.15, -0.1) is 0 Å². The van der Waals surface area contributed by atoms with Gasteiger partial charge >= 0.3 is 0 Å². The number of ether oxygens (including phenoxy) is 1. The molecule has 0 radical (unpaired) electrons. The van der Waals surface area contributed by atoms with E-state index in [4.69, 9.17) is 20.8 Å². The minimum atomic E-state index is 0.689. The van der Waals surface area contributed by atoms with Gasteiger partial charge in [0, 0.05) is 34.5 Å². The van der Waals surface area contributed by atoms with Crippen molar-refractivity contribution in [2.75, 3.05) is 26.2 Å². The van der Waals surface area contributed by atoms with Crippen LogP contribution in [0.5, 0.6) is 5.75 Å². The van der Waals surface area contributed by atoms with Gasteiger partial charge in [-0.25, -0.2) is 0 Å². The number of likely N-dealkylation sites (tertiary alicyclic amines) is 1. The van der Waals surface area contributed by atoms with Crippen molar-refractivity contribution in [3.05, 3.63) is 41.4 Å². The monoisotopic (exact) mass is 329 g/mol. The van der Waals surface area contributed by atoms with Crippen LogP contribution in [0.2, 0.25) is 5.02 Å². The number of rotatable bonds is 4. The predicted molar refractivity (Wildman–Crippen MR) is 94.5 cm³/mol. The van der Waals surface area contributed by atoms with Crippen molar-refractivity contribution in [2.24, 2.45) is 0 Å². The van der Waals surface area contributed by atoms with E-state index in [2.05, 4.69) is 11.0 Å². The average molecular weight is 330 g/mol. The van der Waals surface area contributed by atoms with E-state index in [1.54, 1.807) is 0 Å². The highest BCUT2D eigenvalue weighted by molar-refractivity contribution is 6.31. The molecule has 0 amide bonds. The number of halogens is 1. The van der Waals surface area contributed by atoms with E-state index in [9.17, 15) is 0 Å².